The third kappa shape index (κ3) is 3.11. The van der Waals surface area contributed by atoms with Gasteiger partial charge < -0.3 is 15.6 Å². The highest BCUT2D eigenvalue weighted by Crippen LogP contribution is 2.21. The van der Waals surface area contributed by atoms with Crippen LogP contribution in [0.3, 0.4) is 0 Å². The maximum absolute atomic E-state index is 12.5. The topological polar surface area (TPSA) is 60.0 Å². The summed E-state index contributed by atoms with van der Waals surface area (Å²) in [6, 6.07) is 1.26. The fourth-order valence-corrected chi connectivity index (χ4v) is 1.18. The van der Waals surface area contributed by atoms with Gasteiger partial charge in [0.05, 0.1) is 12.2 Å². The first-order valence-corrected chi connectivity index (χ1v) is 4.60. The number of anilines is 1. The zero-order valence-electron chi connectivity index (χ0n) is 8.88. The van der Waals surface area contributed by atoms with Gasteiger partial charge in [0.15, 0.2) is 0 Å². The Labute approximate surface area is 94.4 Å². The Morgan fingerprint density at radius 1 is 1.59 bits per heavy atom. The number of aryl methyl sites for hydroxylation is 1. The Bertz CT molecular complexity index is 416. The van der Waals surface area contributed by atoms with Gasteiger partial charge in [-0.15, -0.1) is 0 Å². The number of carbonyl (C=O) groups is 1. The second kappa shape index (κ2) is 4.64. The SMILES string of the molecule is Cn1cc(N)cc1C(=O)NCC(F)(F)C(F)F. The highest BCUT2D eigenvalue weighted by molar-refractivity contribution is 5.93. The van der Waals surface area contributed by atoms with E-state index in [-0.39, 0.29) is 11.4 Å². The van der Waals surface area contributed by atoms with Gasteiger partial charge in [-0.05, 0) is 6.07 Å². The summed E-state index contributed by atoms with van der Waals surface area (Å²) in [6.45, 7) is -1.42. The van der Waals surface area contributed by atoms with Gasteiger partial charge in [0.1, 0.15) is 5.69 Å². The van der Waals surface area contributed by atoms with Crippen LogP contribution in [-0.4, -0.2) is 29.4 Å². The molecular weight excluding hydrogens is 242 g/mol. The number of nitrogens with zero attached hydrogens (tertiary/aromatic N) is 1. The highest BCUT2D eigenvalue weighted by atomic mass is 19.3. The van der Waals surface area contributed by atoms with E-state index in [1.807, 2.05) is 0 Å². The standard InChI is InChI=1S/C9H11F4N3O/c1-16-3-5(14)2-6(16)7(17)15-4-9(12,13)8(10)11/h2-3,8H,4,14H2,1H3,(H,15,17). The molecule has 0 saturated carbocycles. The predicted molar refractivity (Wildman–Crippen MR) is 53.1 cm³/mol. The van der Waals surface area contributed by atoms with Crippen LogP contribution in [0.15, 0.2) is 12.3 Å². The van der Waals surface area contributed by atoms with Crippen molar-refractivity contribution in [3.05, 3.63) is 18.0 Å². The van der Waals surface area contributed by atoms with E-state index in [0.29, 0.717) is 0 Å². The molecule has 0 aliphatic carbocycles. The van der Waals surface area contributed by atoms with Crippen molar-refractivity contribution >= 4 is 11.6 Å². The van der Waals surface area contributed by atoms with Gasteiger partial charge in [0, 0.05) is 13.2 Å². The highest BCUT2D eigenvalue weighted by Gasteiger charge is 2.40. The van der Waals surface area contributed by atoms with E-state index in [9.17, 15) is 22.4 Å². The summed E-state index contributed by atoms with van der Waals surface area (Å²) >= 11 is 0. The summed E-state index contributed by atoms with van der Waals surface area (Å²) in [5, 5.41) is 1.73. The Morgan fingerprint density at radius 2 is 2.18 bits per heavy atom. The molecule has 8 heteroatoms. The minimum Gasteiger partial charge on any atom is -0.397 e. The summed E-state index contributed by atoms with van der Waals surface area (Å²) < 4.78 is 50.0. The van der Waals surface area contributed by atoms with Crippen LogP contribution >= 0.6 is 0 Å². The van der Waals surface area contributed by atoms with Gasteiger partial charge in [0.25, 0.3) is 5.91 Å². The number of hydrogen-bond donors (Lipinski definition) is 2. The van der Waals surface area contributed by atoms with E-state index in [2.05, 4.69) is 0 Å². The van der Waals surface area contributed by atoms with Gasteiger partial charge in [0.2, 0.25) is 0 Å². The minimum atomic E-state index is -4.24. The van der Waals surface area contributed by atoms with Crippen LogP contribution in [0.1, 0.15) is 10.5 Å². The first-order valence-electron chi connectivity index (χ1n) is 4.60. The maximum Gasteiger partial charge on any atom is 0.324 e. The molecule has 1 aromatic rings. The largest absolute Gasteiger partial charge is 0.397 e. The van der Waals surface area contributed by atoms with Crippen molar-refractivity contribution in [3.8, 4) is 0 Å². The lowest BCUT2D eigenvalue weighted by Crippen LogP contribution is -2.41. The normalized spacial score (nSPS) is 11.9. The van der Waals surface area contributed by atoms with Gasteiger partial charge in [-0.2, -0.15) is 8.78 Å². The molecule has 17 heavy (non-hydrogen) atoms. The first kappa shape index (κ1) is 13.3. The smallest absolute Gasteiger partial charge is 0.324 e. The number of nitrogens with one attached hydrogen (secondary N) is 1. The van der Waals surface area contributed by atoms with Crippen LogP contribution in [0.2, 0.25) is 0 Å². The molecule has 0 unspecified atom stereocenters. The second-order valence-electron chi connectivity index (χ2n) is 3.51. The van der Waals surface area contributed by atoms with E-state index >= 15 is 0 Å². The summed E-state index contributed by atoms with van der Waals surface area (Å²) in [4.78, 5) is 11.4. The van der Waals surface area contributed by atoms with Crippen molar-refractivity contribution < 1.29 is 22.4 Å². The molecule has 0 fully saturated rings. The quantitative estimate of drug-likeness (QED) is 0.793. The van der Waals surface area contributed by atoms with Crippen LogP contribution in [0, 0.1) is 0 Å². The molecule has 1 heterocycles. The second-order valence-corrected chi connectivity index (χ2v) is 3.51. The summed E-state index contributed by atoms with van der Waals surface area (Å²) in [7, 11) is 1.48. The lowest BCUT2D eigenvalue weighted by Gasteiger charge is -2.15. The molecule has 0 saturated heterocycles. The van der Waals surface area contributed by atoms with E-state index in [0.717, 1.165) is 0 Å². The number of nitrogen functional groups attached to an aromatic ring is 1. The van der Waals surface area contributed by atoms with Crippen LogP contribution < -0.4 is 11.1 Å². The lowest BCUT2D eigenvalue weighted by molar-refractivity contribution is -0.123. The molecule has 4 nitrogen and oxygen atoms in total. The maximum atomic E-state index is 12.5. The number of hydrogen-bond acceptors (Lipinski definition) is 2. The van der Waals surface area contributed by atoms with E-state index in [1.54, 1.807) is 5.32 Å². The van der Waals surface area contributed by atoms with Gasteiger partial charge in [-0.3, -0.25) is 4.79 Å². The number of rotatable bonds is 4. The van der Waals surface area contributed by atoms with E-state index in [1.165, 1.54) is 23.9 Å². The summed E-state index contributed by atoms with van der Waals surface area (Å²) in [5.74, 6) is -5.13. The molecule has 0 bridgehead atoms. The van der Waals surface area contributed by atoms with E-state index in [4.69, 9.17) is 5.73 Å². The average Bonchev–Trinajstić information content (AvgIpc) is 2.54. The molecule has 1 amide bonds. The van der Waals surface area contributed by atoms with Crippen LogP contribution in [0.5, 0.6) is 0 Å². The van der Waals surface area contributed by atoms with Gasteiger partial charge in [-0.25, -0.2) is 8.78 Å². The lowest BCUT2D eigenvalue weighted by atomic mass is 10.3. The molecule has 3 N–H and O–H groups in total. The minimum absolute atomic E-state index is 0.0209. The molecule has 1 rings (SSSR count). The zero-order chi connectivity index (χ0) is 13.2. The fourth-order valence-electron chi connectivity index (χ4n) is 1.18. The zero-order valence-corrected chi connectivity index (χ0v) is 8.88. The Hall–Kier alpha value is -1.73. The molecule has 0 atom stereocenters. The Balaban J connectivity index is 2.65. The van der Waals surface area contributed by atoms with Crippen molar-refractivity contribution in [2.75, 3.05) is 12.3 Å². The Kier molecular flexibility index (Phi) is 3.64. The Morgan fingerprint density at radius 3 is 2.59 bits per heavy atom. The van der Waals surface area contributed by atoms with Gasteiger partial charge >= 0.3 is 12.3 Å². The number of halogens is 4. The van der Waals surface area contributed by atoms with Crippen LogP contribution in [0.25, 0.3) is 0 Å². The number of alkyl halides is 4. The number of aromatic nitrogens is 1. The van der Waals surface area contributed by atoms with E-state index < -0.39 is 24.8 Å². The van der Waals surface area contributed by atoms with Crippen molar-refractivity contribution in [3.63, 3.8) is 0 Å². The predicted octanol–water partition coefficient (Wildman–Crippen LogP) is 1.24. The molecule has 0 aliphatic heterocycles. The molecule has 0 aliphatic rings. The van der Waals surface area contributed by atoms with Crippen molar-refractivity contribution in [2.24, 2.45) is 7.05 Å². The monoisotopic (exact) mass is 253 g/mol. The van der Waals surface area contributed by atoms with Crippen molar-refractivity contribution in [2.45, 2.75) is 12.3 Å². The molecule has 0 spiro atoms. The molecule has 96 valence electrons. The number of carbonyl (C=O) groups excluding carboxylic acids is 1. The van der Waals surface area contributed by atoms with Crippen molar-refractivity contribution in [1.29, 1.82) is 0 Å². The molecule has 0 radical (unpaired) electrons. The van der Waals surface area contributed by atoms with Gasteiger partial charge in [-0.1, -0.05) is 0 Å². The van der Waals surface area contributed by atoms with Crippen LogP contribution in [0.4, 0.5) is 23.2 Å². The average molecular weight is 253 g/mol. The number of amides is 1. The third-order valence-electron chi connectivity index (χ3n) is 2.06. The summed E-state index contributed by atoms with van der Waals surface area (Å²) in [5.41, 5.74) is 5.68. The number of nitrogens with two attached hydrogens (primary N) is 1. The summed E-state index contributed by atoms with van der Waals surface area (Å²) in [6.07, 6.45) is -2.42. The fraction of sp³-hybridized carbons (Fsp3) is 0.444. The van der Waals surface area contributed by atoms with Crippen LogP contribution in [-0.2, 0) is 7.05 Å². The molecule has 1 aromatic heterocycles. The molecule has 0 aromatic carbocycles. The van der Waals surface area contributed by atoms with Crippen molar-refractivity contribution in [1.82, 2.24) is 9.88 Å². The first-order chi connectivity index (χ1) is 7.74. The molecular formula is C9H11F4N3O. The third-order valence-corrected chi connectivity index (χ3v) is 2.06.